The van der Waals surface area contributed by atoms with E-state index in [9.17, 15) is 0 Å². The van der Waals surface area contributed by atoms with Gasteiger partial charge in [-0.05, 0) is 26.3 Å². The molecule has 1 saturated heterocycles. The van der Waals surface area contributed by atoms with Gasteiger partial charge in [0.15, 0.2) is 0 Å². The molecule has 2 rings (SSSR count). The van der Waals surface area contributed by atoms with Gasteiger partial charge >= 0.3 is 0 Å². The number of rotatable bonds is 5. The number of hydrogen-bond acceptors (Lipinski definition) is 4. The quantitative estimate of drug-likeness (QED) is 0.830. The van der Waals surface area contributed by atoms with Crippen LogP contribution in [0.2, 0.25) is 0 Å². The first-order chi connectivity index (χ1) is 9.08. The van der Waals surface area contributed by atoms with E-state index in [0.29, 0.717) is 5.92 Å². The molecule has 4 heteroatoms. The van der Waals surface area contributed by atoms with Crippen LogP contribution >= 0.6 is 0 Å². The van der Waals surface area contributed by atoms with Crippen LogP contribution in [0.15, 0.2) is 18.2 Å². The standard InChI is InChI=1S/C15H24N2O2/c1-11(2)19-15-7-13(16)6-14(8-15)17-5-4-12(9-17)10-18-3/h6-8,11-12H,4-5,9-10,16H2,1-3H3. The first-order valence-electron chi connectivity index (χ1n) is 6.89. The van der Waals surface area contributed by atoms with Gasteiger partial charge in [-0.3, -0.25) is 0 Å². The van der Waals surface area contributed by atoms with E-state index in [1.165, 1.54) is 6.42 Å². The van der Waals surface area contributed by atoms with Crippen LogP contribution in [-0.2, 0) is 4.74 Å². The van der Waals surface area contributed by atoms with E-state index in [2.05, 4.69) is 11.0 Å². The van der Waals surface area contributed by atoms with Crippen molar-refractivity contribution in [2.24, 2.45) is 5.92 Å². The Labute approximate surface area is 115 Å². The van der Waals surface area contributed by atoms with Gasteiger partial charge in [0.2, 0.25) is 0 Å². The average Bonchev–Trinajstić information content (AvgIpc) is 2.76. The lowest BCUT2D eigenvalue weighted by molar-refractivity contribution is 0.161. The summed E-state index contributed by atoms with van der Waals surface area (Å²) in [5, 5.41) is 0. The topological polar surface area (TPSA) is 47.7 Å². The van der Waals surface area contributed by atoms with E-state index in [0.717, 1.165) is 36.8 Å². The Morgan fingerprint density at radius 1 is 1.37 bits per heavy atom. The molecule has 0 aliphatic carbocycles. The summed E-state index contributed by atoms with van der Waals surface area (Å²) in [6, 6.07) is 5.97. The van der Waals surface area contributed by atoms with Crippen LogP contribution in [0, 0.1) is 5.92 Å². The van der Waals surface area contributed by atoms with Crippen LogP contribution in [0.5, 0.6) is 5.75 Å². The van der Waals surface area contributed by atoms with Crippen molar-refractivity contribution in [3.8, 4) is 5.75 Å². The SMILES string of the molecule is COCC1CCN(c2cc(N)cc(OC(C)C)c2)C1. The minimum absolute atomic E-state index is 0.162. The van der Waals surface area contributed by atoms with E-state index >= 15 is 0 Å². The zero-order valence-corrected chi connectivity index (χ0v) is 12.1. The predicted molar refractivity (Wildman–Crippen MR) is 78.8 cm³/mol. The van der Waals surface area contributed by atoms with Gasteiger partial charge in [0.1, 0.15) is 5.75 Å². The first-order valence-corrected chi connectivity index (χ1v) is 6.89. The molecule has 1 heterocycles. The van der Waals surface area contributed by atoms with Gasteiger partial charge in [-0.2, -0.15) is 0 Å². The zero-order valence-electron chi connectivity index (χ0n) is 12.1. The molecular weight excluding hydrogens is 240 g/mol. The van der Waals surface area contributed by atoms with Gasteiger partial charge in [0.05, 0.1) is 12.7 Å². The zero-order chi connectivity index (χ0) is 13.8. The van der Waals surface area contributed by atoms with Gasteiger partial charge in [0, 0.05) is 49.6 Å². The molecule has 0 spiro atoms. The summed E-state index contributed by atoms with van der Waals surface area (Å²) in [6.07, 6.45) is 1.33. The predicted octanol–water partition coefficient (Wildman–Crippen LogP) is 2.53. The molecule has 1 aromatic carbocycles. The Hall–Kier alpha value is -1.42. The number of ether oxygens (including phenoxy) is 2. The molecule has 0 bridgehead atoms. The summed E-state index contributed by atoms with van der Waals surface area (Å²) in [5.41, 5.74) is 7.87. The van der Waals surface area contributed by atoms with Crippen molar-refractivity contribution in [1.29, 1.82) is 0 Å². The van der Waals surface area contributed by atoms with Crippen molar-refractivity contribution in [3.05, 3.63) is 18.2 Å². The van der Waals surface area contributed by atoms with Crippen molar-refractivity contribution in [3.63, 3.8) is 0 Å². The Bertz CT molecular complexity index is 421. The van der Waals surface area contributed by atoms with Crippen LogP contribution in [0.3, 0.4) is 0 Å². The van der Waals surface area contributed by atoms with E-state index < -0.39 is 0 Å². The van der Waals surface area contributed by atoms with Crippen molar-refractivity contribution >= 4 is 11.4 Å². The van der Waals surface area contributed by atoms with E-state index in [1.807, 2.05) is 26.0 Å². The first kappa shape index (κ1) is 14.0. The number of benzene rings is 1. The lowest BCUT2D eigenvalue weighted by atomic mass is 10.1. The van der Waals surface area contributed by atoms with E-state index in [-0.39, 0.29) is 6.10 Å². The highest BCUT2D eigenvalue weighted by Crippen LogP contribution is 2.30. The molecule has 1 unspecified atom stereocenters. The fourth-order valence-electron chi connectivity index (χ4n) is 2.57. The van der Waals surface area contributed by atoms with Gasteiger partial charge in [-0.15, -0.1) is 0 Å². The Kier molecular flexibility index (Phi) is 4.53. The second-order valence-electron chi connectivity index (χ2n) is 5.48. The van der Waals surface area contributed by atoms with Gasteiger partial charge in [-0.25, -0.2) is 0 Å². The van der Waals surface area contributed by atoms with Gasteiger partial charge in [0.25, 0.3) is 0 Å². The lowest BCUT2D eigenvalue weighted by Gasteiger charge is -2.21. The molecule has 4 nitrogen and oxygen atoms in total. The van der Waals surface area contributed by atoms with Gasteiger partial charge in [-0.1, -0.05) is 0 Å². The molecule has 106 valence electrons. The third-order valence-electron chi connectivity index (χ3n) is 3.34. The summed E-state index contributed by atoms with van der Waals surface area (Å²) in [4.78, 5) is 2.35. The van der Waals surface area contributed by atoms with Crippen LogP contribution in [0.1, 0.15) is 20.3 Å². The minimum Gasteiger partial charge on any atom is -0.491 e. The summed E-state index contributed by atoms with van der Waals surface area (Å²) in [6.45, 7) is 6.95. The van der Waals surface area contributed by atoms with Crippen molar-refractivity contribution < 1.29 is 9.47 Å². The highest BCUT2D eigenvalue weighted by atomic mass is 16.5. The molecule has 0 amide bonds. The number of nitrogen functional groups attached to an aromatic ring is 1. The number of anilines is 2. The Morgan fingerprint density at radius 3 is 2.84 bits per heavy atom. The van der Waals surface area contributed by atoms with Crippen LogP contribution < -0.4 is 15.4 Å². The fourth-order valence-corrected chi connectivity index (χ4v) is 2.57. The van der Waals surface area contributed by atoms with Crippen LogP contribution in [0.4, 0.5) is 11.4 Å². The molecule has 1 aliphatic heterocycles. The second kappa shape index (κ2) is 6.15. The summed E-state index contributed by atoms with van der Waals surface area (Å²) in [7, 11) is 1.76. The molecule has 1 aromatic rings. The highest BCUT2D eigenvalue weighted by Gasteiger charge is 2.23. The number of nitrogens with zero attached hydrogens (tertiary/aromatic N) is 1. The normalized spacial score (nSPS) is 19.2. The molecule has 1 fully saturated rings. The maximum Gasteiger partial charge on any atom is 0.123 e. The van der Waals surface area contributed by atoms with Crippen LogP contribution in [0.25, 0.3) is 0 Å². The molecule has 0 aromatic heterocycles. The minimum atomic E-state index is 0.162. The number of hydrogen-bond donors (Lipinski definition) is 1. The van der Waals surface area contributed by atoms with Gasteiger partial charge < -0.3 is 20.1 Å². The maximum absolute atomic E-state index is 5.96. The molecule has 1 aliphatic rings. The smallest absolute Gasteiger partial charge is 0.123 e. The molecule has 1 atom stereocenters. The summed E-state index contributed by atoms with van der Waals surface area (Å²) < 4.78 is 11.0. The fraction of sp³-hybridized carbons (Fsp3) is 0.600. The monoisotopic (exact) mass is 264 g/mol. The maximum atomic E-state index is 5.96. The van der Waals surface area contributed by atoms with Crippen molar-refractivity contribution in [1.82, 2.24) is 0 Å². The number of nitrogens with two attached hydrogens (primary N) is 1. The molecular formula is C15H24N2O2. The Balaban J connectivity index is 2.09. The van der Waals surface area contributed by atoms with E-state index in [1.54, 1.807) is 7.11 Å². The Morgan fingerprint density at radius 2 is 2.16 bits per heavy atom. The molecule has 19 heavy (non-hydrogen) atoms. The second-order valence-corrected chi connectivity index (χ2v) is 5.48. The summed E-state index contributed by atoms with van der Waals surface area (Å²) >= 11 is 0. The molecule has 0 saturated carbocycles. The highest BCUT2D eigenvalue weighted by molar-refractivity contribution is 5.61. The van der Waals surface area contributed by atoms with Crippen LogP contribution in [-0.4, -0.2) is 32.9 Å². The molecule has 2 N–H and O–H groups in total. The third-order valence-corrected chi connectivity index (χ3v) is 3.34. The lowest BCUT2D eigenvalue weighted by Crippen LogP contribution is -2.21. The summed E-state index contributed by atoms with van der Waals surface area (Å²) in [5.74, 6) is 1.46. The van der Waals surface area contributed by atoms with E-state index in [4.69, 9.17) is 15.2 Å². The number of methoxy groups -OCH3 is 1. The van der Waals surface area contributed by atoms with Crippen molar-refractivity contribution in [2.75, 3.05) is 37.4 Å². The van der Waals surface area contributed by atoms with Crippen molar-refractivity contribution in [2.45, 2.75) is 26.4 Å². The third kappa shape index (κ3) is 3.77. The average molecular weight is 264 g/mol. The largest absolute Gasteiger partial charge is 0.491 e. The molecule has 0 radical (unpaired) electrons.